The highest BCUT2D eigenvalue weighted by molar-refractivity contribution is 8.00. The van der Waals surface area contributed by atoms with Crippen molar-refractivity contribution in [2.45, 2.75) is 55.5 Å². The molecule has 1 saturated heterocycles. The number of hydrogen-bond acceptors (Lipinski definition) is 4. The normalized spacial score (nSPS) is 18.6. The third kappa shape index (κ3) is 4.06. The van der Waals surface area contributed by atoms with Gasteiger partial charge in [-0.25, -0.2) is 4.98 Å². The number of hydrogen-bond donors (Lipinski definition) is 1. The Labute approximate surface area is 159 Å². The molecular weight excluding hydrogens is 344 g/mol. The molecule has 1 aliphatic carbocycles. The van der Waals surface area contributed by atoms with Crippen LogP contribution in [0.2, 0.25) is 0 Å². The summed E-state index contributed by atoms with van der Waals surface area (Å²) >= 11 is 1.53. The Hall–Kier alpha value is -1.95. The van der Waals surface area contributed by atoms with Crippen molar-refractivity contribution < 1.29 is 4.79 Å². The van der Waals surface area contributed by atoms with Gasteiger partial charge in [0.05, 0.1) is 5.25 Å². The van der Waals surface area contributed by atoms with Crippen LogP contribution in [0.4, 0.5) is 11.4 Å². The number of nitrogens with zero attached hydrogens (tertiary/aromatic N) is 3. The van der Waals surface area contributed by atoms with E-state index in [1.165, 1.54) is 49.6 Å². The highest BCUT2D eigenvalue weighted by Crippen LogP contribution is 2.38. The van der Waals surface area contributed by atoms with Crippen LogP contribution in [0.1, 0.15) is 45.1 Å². The van der Waals surface area contributed by atoms with E-state index in [9.17, 15) is 4.79 Å². The van der Waals surface area contributed by atoms with Crippen molar-refractivity contribution in [2.24, 2.45) is 0 Å². The second kappa shape index (κ2) is 7.74. The smallest absolute Gasteiger partial charge is 0.237 e. The summed E-state index contributed by atoms with van der Waals surface area (Å²) in [5, 5.41) is 3.79. The van der Waals surface area contributed by atoms with Gasteiger partial charge in [0, 0.05) is 42.9 Å². The third-order valence-electron chi connectivity index (χ3n) is 5.08. The molecule has 1 atom stereocenters. The summed E-state index contributed by atoms with van der Waals surface area (Å²) in [6, 6.07) is 8.81. The van der Waals surface area contributed by atoms with E-state index in [1.807, 2.05) is 31.5 Å². The van der Waals surface area contributed by atoms with Gasteiger partial charge in [0.15, 0.2) is 5.16 Å². The second-order valence-electron chi connectivity index (χ2n) is 7.19. The Morgan fingerprint density at radius 3 is 2.62 bits per heavy atom. The molecule has 1 unspecified atom stereocenters. The van der Waals surface area contributed by atoms with Gasteiger partial charge in [-0.05, 0) is 63.3 Å². The molecule has 2 heterocycles. The average Bonchev–Trinajstić information content (AvgIpc) is 3.42. The lowest BCUT2D eigenvalue weighted by atomic mass is 10.1. The number of amides is 1. The van der Waals surface area contributed by atoms with Crippen LogP contribution in [0, 0.1) is 0 Å². The molecule has 4 rings (SSSR count). The minimum absolute atomic E-state index is 0.0195. The lowest BCUT2D eigenvalue weighted by molar-refractivity contribution is -0.115. The first-order chi connectivity index (χ1) is 12.7. The Bertz CT molecular complexity index is 747. The van der Waals surface area contributed by atoms with Gasteiger partial charge in [-0.1, -0.05) is 11.8 Å². The molecule has 1 aliphatic heterocycles. The maximum atomic E-state index is 12.5. The number of aromatic nitrogens is 2. The van der Waals surface area contributed by atoms with E-state index in [4.69, 9.17) is 0 Å². The minimum atomic E-state index is -0.184. The van der Waals surface area contributed by atoms with Crippen molar-refractivity contribution in [3.63, 3.8) is 0 Å². The van der Waals surface area contributed by atoms with Crippen molar-refractivity contribution >= 4 is 29.0 Å². The maximum Gasteiger partial charge on any atom is 0.237 e. The predicted octanol–water partition coefficient (Wildman–Crippen LogP) is 4.33. The van der Waals surface area contributed by atoms with E-state index in [1.54, 1.807) is 0 Å². The second-order valence-corrected chi connectivity index (χ2v) is 8.50. The molecule has 0 radical (unpaired) electrons. The lowest BCUT2D eigenvalue weighted by Gasteiger charge is -2.28. The van der Waals surface area contributed by atoms with E-state index in [0.717, 1.165) is 23.9 Å². The summed E-state index contributed by atoms with van der Waals surface area (Å²) in [5.74, 6) is 0.0195. The average molecular weight is 371 g/mol. The summed E-state index contributed by atoms with van der Waals surface area (Å²) in [4.78, 5) is 19.4. The van der Waals surface area contributed by atoms with Crippen LogP contribution in [-0.4, -0.2) is 33.8 Å². The van der Waals surface area contributed by atoms with Crippen LogP contribution < -0.4 is 10.2 Å². The van der Waals surface area contributed by atoms with Gasteiger partial charge >= 0.3 is 0 Å². The molecule has 0 spiro atoms. The van der Waals surface area contributed by atoms with E-state index < -0.39 is 0 Å². The van der Waals surface area contributed by atoms with Gasteiger partial charge in [-0.3, -0.25) is 4.79 Å². The van der Waals surface area contributed by atoms with Crippen molar-refractivity contribution in [3.05, 3.63) is 36.7 Å². The van der Waals surface area contributed by atoms with Crippen LogP contribution in [-0.2, 0) is 4.79 Å². The van der Waals surface area contributed by atoms with Gasteiger partial charge in [-0.15, -0.1) is 0 Å². The monoisotopic (exact) mass is 370 g/mol. The minimum Gasteiger partial charge on any atom is -0.372 e. The fourth-order valence-corrected chi connectivity index (χ4v) is 4.32. The number of carbonyl (C=O) groups is 1. The number of anilines is 2. The van der Waals surface area contributed by atoms with Crippen molar-refractivity contribution in [1.82, 2.24) is 9.55 Å². The Morgan fingerprint density at radius 2 is 1.92 bits per heavy atom. The lowest BCUT2D eigenvalue weighted by Crippen LogP contribution is -2.29. The molecule has 1 amide bonds. The first kappa shape index (κ1) is 17.5. The first-order valence-corrected chi connectivity index (χ1v) is 10.4. The SMILES string of the molecule is CC(Sc1nccn1C1CC1)C(=O)Nc1ccc(N2CCCCC2)cc1. The number of carbonyl (C=O) groups excluding carboxylic acids is 1. The molecule has 138 valence electrons. The molecule has 5 nitrogen and oxygen atoms in total. The maximum absolute atomic E-state index is 12.5. The largest absolute Gasteiger partial charge is 0.372 e. The standard InChI is InChI=1S/C20H26N4OS/c1-15(26-20-21-11-14-24(20)18-9-10-18)19(25)22-16-5-7-17(8-6-16)23-12-3-2-4-13-23/h5-8,11,14-15,18H,2-4,9-10,12-13H2,1H3,(H,22,25). The van der Waals surface area contributed by atoms with Gasteiger partial charge in [0.25, 0.3) is 0 Å². The Morgan fingerprint density at radius 1 is 1.19 bits per heavy atom. The van der Waals surface area contributed by atoms with E-state index in [0.29, 0.717) is 6.04 Å². The van der Waals surface area contributed by atoms with E-state index in [-0.39, 0.29) is 11.2 Å². The Kier molecular flexibility index (Phi) is 5.20. The van der Waals surface area contributed by atoms with Crippen LogP contribution in [0.15, 0.2) is 41.8 Å². The van der Waals surface area contributed by atoms with Gasteiger partial charge in [-0.2, -0.15) is 0 Å². The number of benzene rings is 1. The Balaban J connectivity index is 1.34. The van der Waals surface area contributed by atoms with Crippen molar-refractivity contribution in [2.75, 3.05) is 23.3 Å². The quantitative estimate of drug-likeness (QED) is 0.769. The van der Waals surface area contributed by atoms with E-state index in [2.05, 4.69) is 31.9 Å². The van der Waals surface area contributed by atoms with Crippen molar-refractivity contribution in [3.8, 4) is 0 Å². The number of imidazole rings is 1. The van der Waals surface area contributed by atoms with Gasteiger partial charge < -0.3 is 14.8 Å². The molecule has 2 aliphatic rings. The molecule has 6 heteroatoms. The number of rotatable bonds is 6. The van der Waals surface area contributed by atoms with Gasteiger partial charge in [0.2, 0.25) is 5.91 Å². The molecule has 0 bridgehead atoms. The number of nitrogens with one attached hydrogen (secondary N) is 1. The molecule has 2 aromatic rings. The highest BCUT2D eigenvalue weighted by atomic mass is 32.2. The van der Waals surface area contributed by atoms with Crippen LogP contribution in [0.25, 0.3) is 0 Å². The van der Waals surface area contributed by atoms with Crippen LogP contribution in [0.3, 0.4) is 0 Å². The summed E-state index contributed by atoms with van der Waals surface area (Å²) in [5.41, 5.74) is 2.10. The highest BCUT2D eigenvalue weighted by Gasteiger charge is 2.27. The summed E-state index contributed by atoms with van der Waals surface area (Å²) in [7, 11) is 0. The van der Waals surface area contributed by atoms with Gasteiger partial charge in [0.1, 0.15) is 0 Å². The predicted molar refractivity (Wildman–Crippen MR) is 107 cm³/mol. The fraction of sp³-hybridized carbons (Fsp3) is 0.500. The summed E-state index contributed by atoms with van der Waals surface area (Å²) < 4.78 is 2.20. The zero-order valence-electron chi connectivity index (χ0n) is 15.2. The van der Waals surface area contributed by atoms with Crippen LogP contribution >= 0.6 is 11.8 Å². The first-order valence-electron chi connectivity index (χ1n) is 9.56. The molecule has 1 aromatic carbocycles. The number of thioether (sulfide) groups is 1. The topological polar surface area (TPSA) is 50.2 Å². The summed E-state index contributed by atoms with van der Waals surface area (Å²) in [6.07, 6.45) is 10.1. The molecule has 26 heavy (non-hydrogen) atoms. The third-order valence-corrected chi connectivity index (χ3v) is 6.18. The molecule has 2 fully saturated rings. The molecule has 1 aromatic heterocycles. The molecule has 1 saturated carbocycles. The summed E-state index contributed by atoms with van der Waals surface area (Å²) in [6.45, 7) is 4.20. The molecule has 1 N–H and O–H groups in total. The van der Waals surface area contributed by atoms with Crippen molar-refractivity contribution in [1.29, 1.82) is 0 Å². The number of piperidine rings is 1. The van der Waals surface area contributed by atoms with E-state index >= 15 is 0 Å². The van der Waals surface area contributed by atoms with Crippen LogP contribution in [0.5, 0.6) is 0 Å². The fourth-order valence-electron chi connectivity index (χ4n) is 3.38. The zero-order chi connectivity index (χ0) is 17.9. The molecular formula is C20H26N4OS. The zero-order valence-corrected chi connectivity index (χ0v) is 16.0.